The molecule has 1 fully saturated rings. The summed E-state index contributed by atoms with van der Waals surface area (Å²) in [5, 5.41) is 24.0. The van der Waals surface area contributed by atoms with Gasteiger partial charge in [0.05, 0.1) is 31.0 Å². The molecule has 1 aliphatic heterocycles. The first-order valence-electron chi connectivity index (χ1n) is 16.1. The first-order chi connectivity index (χ1) is 23.7. The van der Waals surface area contributed by atoms with Crippen molar-refractivity contribution < 1.29 is 38.8 Å². The van der Waals surface area contributed by atoms with Crippen LogP contribution < -0.4 is 10.6 Å². The number of aromatic carboxylic acids is 1. The van der Waals surface area contributed by atoms with Crippen molar-refractivity contribution in [3.63, 3.8) is 0 Å². The van der Waals surface area contributed by atoms with E-state index < -0.39 is 24.3 Å². The third-order valence-corrected chi connectivity index (χ3v) is 9.33. The number of carbonyl (C=O) groups excluding carboxylic acids is 2. The highest BCUT2D eigenvalue weighted by Crippen LogP contribution is 2.43. The lowest BCUT2D eigenvalue weighted by atomic mass is 9.91. The summed E-state index contributed by atoms with van der Waals surface area (Å²) in [6.45, 7) is 4.12. The highest BCUT2D eigenvalue weighted by molar-refractivity contribution is 7.99. The second-order valence-corrected chi connectivity index (χ2v) is 12.7. The number of benzene rings is 4. The van der Waals surface area contributed by atoms with Gasteiger partial charge in [-0.2, -0.15) is 0 Å². The van der Waals surface area contributed by atoms with Gasteiger partial charge in [0.25, 0.3) is 0 Å². The number of carboxylic acid groups (broad SMARTS) is 1. The van der Waals surface area contributed by atoms with Gasteiger partial charge in [-0.05, 0) is 65.1 Å². The summed E-state index contributed by atoms with van der Waals surface area (Å²) in [6.07, 6.45) is -1.06. The fourth-order valence-electron chi connectivity index (χ4n) is 5.48. The van der Waals surface area contributed by atoms with Crippen LogP contribution in [0.2, 0.25) is 0 Å². The molecule has 49 heavy (non-hydrogen) atoms. The SMILES string of the molecule is CCOC(=O)CNC(=O)NCc1cccc(-c2ccc([C@H]3O[C@@H](CSc4ccc(C(=O)O)cc4)[C@@H](C)[C@@H](c4ccc(CO)cc4)O3)cc2)c1. The topological polar surface area (TPSA) is 143 Å². The molecule has 1 aliphatic rings. The Labute approximate surface area is 289 Å². The molecule has 4 atom stereocenters. The minimum atomic E-state index is -0.958. The fourth-order valence-corrected chi connectivity index (χ4v) is 6.55. The van der Waals surface area contributed by atoms with Crippen LogP contribution in [0, 0.1) is 5.92 Å². The van der Waals surface area contributed by atoms with Crippen LogP contribution in [-0.4, -0.2) is 53.2 Å². The van der Waals surface area contributed by atoms with Gasteiger partial charge in [0.15, 0.2) is 6.29 Å². The highest BCUT2D eigenvalue weighted by atomic mass is 32.2. The van der Waals surface area contributed by atoms with Gasteiger partial charge in [-0.1, -0.05) is 73.7 Å². The molecule has 0 bridgehead atoms. The van der Waals surface area contributed by atoms with Crippen molar-refractivity contribution in [1.82, 2.24) is 10.6 Å². The van der Waals surface area contributed by atoms with Gasteiger partial charge in [0, 0.05) is 28.7 Å². The zero-order valence-electron chi connectivity index (χ0n) is 27.3. The standard InChI is InChI=1S/C38H40N2O8S/c1-3-46-34(42)21-40-38(45)39-20-26-5-4-6-31(19-26)27-11-13-30(14-12-27)37-47-33(23-49-32-17-15-29(16-18-32)36(43)44)24(2)35(48-37)28-9-7-25(22-41)8-10-28/h4-19,24,33,35,37,41H,3,20-23H2,1-2H3,(H,43,44)(H2,39,40,45)/t24-,33+,35+,37+/m1/s1. The molecular weight excluding hydrogens is 644 g/mol. The number of aliphatic hydroxyl groups is 1. The summed E-state index contributed by atoms with van der Waals surface area (Å²) < 4.78 is 18.0. The zero-order chi connectivity index (χ0) is 34.8. The molecule has 0 aliphatic carbocycles. The predicted molar refractivity (Wildman–Crippen MR) is 186 cm³/mol. The summed E-state index contributed by atoms with van der Waals surface area (Å²) in [5.41, 5.74) is 5.78. The number of nitrogens with one attached hydrogen (secondary N) is 2. The van der Waals surface area contributed by atoms with Crippen molar-refractivity contribution in [3.8, 4) is 11.1 Å². The Bertz CT molecular complexity index is 1710. The lowest BCUT2D eigenvalue weighted by Gasteiger charge is -2.41. The quantitative estimate of drug-likeness (QED) is 0.0918. The van der Waals surface area contributed by atoms with E-state index in [-0.39, 0.29) is 50.0 Å². The summed E-state index contributed by atoms with van der Waals surface area (Å²) >= 11 is 1.61. The Morgan fingerprint density at radius 1 is 0.837 bits per heavy atom. The number of amides is 2. The molecule has 4 aromatic rings. The molecule has 0 radical (unpaired) electrons. The van der Waals surface area contributed by atoms with Crippen molar-refractivity contribution >= 4 is 29.7 Å². The highest BCUT2D eigenvalue weighted by Gasteiger charge is 2.38. The normalized spacial score (nSPS) is 18.8. The van der Waals surface area contributed by atoms with Crippen molar-refractivity contribution in [3.05, 3.63) is 125 Å². The Morgan fingerprint density at radius 2 is 1.55 bits per heavy atom. The first-order valence-corrected chi connectivity index (χ1v) is 17.1. The van der Waals surface area contributed by atoms with E-state index in [1.807, 2.05) is 84.9 Å². The number of rotatable bonds is 13. The Morgan fingerprint density at radius 3 is 2.22 bits per heavy atom. The third-order valence-electron chi connectivity index (χ3n) is 8.23. The van der Waals surface area contributed by atoms with E-state index in [9.17, 15) is 24.6 Å². The molecular formula is C38H40N2O8S. The third kappa shape index (κ3) is 9.70. The van der Waals surface area contributed by atoms with Crippen LogP contribution in [0.15, 0.2) is 102 Å². The van der Waals surface area contributed by atoms with Crippen LogP contribution in [0.5, 0.6) is 0 Å². The Balaban J connectivity index is 1.28. The van der Waals surface area contributed by atoms with Crippen LogP contribution in [-0.2, 0) is 32.2 Å². The molecule has 0 unspecified atom stereocenters. The average molecular weight is 685 g/mol. The van der Waals surface area contributed by atoms with E-state index in [1.54, 1.807) is 30.8 Å². The molecule has 1 saturated heterocycles. The molecule has 4 aromatic carbocycles. The van der Waals surface area contributed by atoms with Gasteiger partial charge < -0.3 is 35.1 Å². The monoisotopic (exact) mass is 684 g/mol. The maximum absolute atomic E-state index is 12.1. The molecule has 0 saturated carbocycles. The second kappa shape index (κ2) is 17.1. The maximum atomic E-state index is 12.1. The van der Waals surface area contributed by atoms with E-state index in [1.165, 1.54) is 0 Å². The van der Waals surface area contributed by atoms with E-state index in [0.717, 1.165) is 38.3 Å². The van der Waals surface area contributed by atoms with Gasteiger partial charge in [0.1, 0.15) is 6.54 Å². The minimum Gasteiger partial charge on any atom is -0.478 e. The average Bonchev–Trinajstić information content (AvgIpc) is 3.13. The number of carboxylic acids is 1. The maximum Gasteiger partial charge on any atom is 0.335 e. The molecule has 1 heterocycles. The van der Waals surface area contributed by atoms with Gasteiger partial charge >= 0.3 is 18.0 Å². The van der Waals surface area contributed by atoms with Gasteiger partial charge in [0.2, 0.25) is 0 Å². The minimum absolute atomic E-state index is 0.00452. The lowest BCUT2D eigenvalue weighted by molar-refractivity contribution is -0.268. The van der Waals surface area contributed by atoms with E-state index >= 15 is 0 Å². The number of esters is 1. The Kier molecular flexibility index (Phi) is 12.4. The Hall–Kier alpha value is -4.68. The number of carbonyl (C=O) groups is 3. The van der Waals surface area contributed by atoms with Crippen LogP contribution in [0.25, 0.3) is 11.1 Å². The van der Waals surface area contributed by atoms with Gasteiger partial charge in [-0.3, -0.25) is 4.79 Å². The smallest absolute Gasteiger partial charge is 0.335 e. The number of ether oxygens (including phenoxy) is 3. The zero-order valence-corrected chi connectivity index (χ0v) is 28.2. The summed E-state index contributed by atoms with van der Waals surface area (Å²) in [5.74, 6) is -0.809. The number of hydrogen-bond acceptors (Lipinski definition) is 8. The fraction of sp³-hybridized carbons (Fsp3) is 0.289. The van der Waals surface area contributed by atoms with Crippen molar-refractivity contribution in [2.75, 3.05) is 18.9 Å². The number of urea groups is 1. The number of hydrogen-bond donors (Lipinski definition) is 4. The second-order valence-electron chi connectivity index (χ2n) is 11.6. The summed E-state index contributed by atoms with van der Waals surface area (Å²) in [7, 11) is 0. The molecule has 4 N–H and O–H groups in total. The van der Waals surface area contributed by atoms with Crippen LogP contribution >= 0.6 is 11.8 Å². The van der Waals surface area contributed by atoms with Gasteiger partial charge in [-0.15, -0.1) is 11.8 Å². The van der Waals surface area contributed by atoms with Crippen LogP contribution in [0.1, 0.15) is 58.9 Å². The molecule has 0 aromatic heterocycles. The summed E-state index contributed by atoms with van der Waals surface area (Å²) in [6, 6.07) is 30.0. The van der Waals surface area contributed by atoms with Crippen LogP contribution in [0.4, 0.5) is 4.79 Å². The first kappa shape index (κ1) is 35.6. The number of aliphatic hydroxyl groups excluding tert-OH is 1. The van der Waals surface area contributed by atoms with Crippen molar-refractivity contribution in [1.29, 1.82) is 0 Å². The molecule has 2 amide bonds. The molecule has 5 rings (SSSR count). The molecule has 11 heteroatoms. The molecule has 10 nitrogen and oxygen atoms in total. The van der Waals surface area contributed by atoms with E-state index in [4.69, 9.17) is 14.2 Å². The van der Waals surface area contributed by atoms with Crippen LogP contribution in [0.3, 0.4) is 0 Å². The number of thioether (sulfide) groups is 1. The molecule has 0 spiro atoms. The molecule has 256 valence electrons. The van der Waals surface area contributed by atoms with Crippen molar-refractivity contribution in [2.45, 2.75) is 50.4 Å². The van der Waals surface area contributed by atoms with E-state index in [2.05, 4.69) is 17.6 Å². The largest absolute Gasteiger partial charge is 0.478 e. The lowest BCUT2D eigenvalue weighted by Crippen LogP contribution is -2.38. The van der Waals surface area contributed by atoms with Crippen molar-refractivity contribution in [2.24, 2.45) is 5.92 Å². The summed E-state index contributed by atoms with van der Waals surface area (Å²) in [4.78, 5) is 35.8. The predicted octanol–water partition coefficient (Wildman–Crippen LogP) is 6.49. The van der Waals surface area contributed by atoms with Gasteiger partial charge in [-0.25, -0.2) is 9.59 Å². The van der Waals surface area contributed by atoms with E-state index in [0.29, 0.717) is 5.75 Å².